The van der Waals surface area contributed by atoms with Crippen molar-refractivity contribution < 1.29 is 36.7 Å². The summed E-state index contributed by atoms with van der Waals surface area (Å²) in [4.78, 5) is 52.1. The second-order valence-corrected chi connectivity index (χ2v) is 11.3. The molecule has 2 aliphatic rings. The lowest BCUT2D eigenvalue weighted by Crippen LogP contribution is -2.62. The van der Waals surface area contributed by atoms with Crippen LogP contribution in [-0.4, -0.2) is 74.2 Å². The van der Waals surface area contributed by atoms with E-state index in [0.717, 1.165) is 4.90 Å². The average Bonchev–Trinajstić information content (AvgIpc) is 3.20. The molecule has 0 unspecified atom stereocenters. The summed E-state index contributed by atoms with van der Waals surface area (Å²) in [5, 5.41) is 8.69. The number of carbonyl (C=O) groups excluding carboxylic acids is 4. The predicted octanol–water partition coefficient (Wildman–Crippen LogP) is 1.88. The summed E-state index contributed by atoms with van der Waals surface area (Å²) in [6.45, 7) is 7.93. The van der Waals surface area contributed by atoms with Gasteiger partial charge in [-0.25, -0.2) is 9.40 Å². The highest BCUT2D eigenvalue weighted by Crippen LogP contribution is 2.65. The summed E-state index contributed by atoms with van der Waals surface area (Å²) in [6.07, 6.45) is -3.84. The van der Waals surface area contributed by atoms with Crippen molar-refractivity contribution in [3.63, 3.8) is 0 Å². The number of nitrogens with zero attached hydrogens (tertiary/aromatic N) is 3. The van der Waals surface area contributed by atoms with E-state index in [-0.39, 0.29) is 30.3 Å². The molecule has 2 fully saturated rings. The molecule has 5 atom stereocenters. The lowest BCUT2D eigenvalue weighted by molar-refractivity contribution is -0.176. The van der Waals surface area contributed by atoms with Crippen molar-refractivity contribution >= 4 is 35.2 Å². The molecule has 1 saturated carbocycles. The number of hydrazine groups is 1. The molecule has 1 aromatic heterocycles. The molecule has 0 radical (unpaired) electrons. The minimum atomic E-state index is -5.21. The van der Waals surface area contributed by atoms with Crippen LogP contribution >= 0.6 is 11.6 Å². The molecule has 1 saturated heterocycles. The fourth-order valence-electron chi connectivity index (χ4n) is 4.87. The molecule has 206 valence electrons. The number of alkyl halides is 5. The van der Waals surface area contributed by atoms with Gasteiger partial charge in [0, 0.05) is 12.7 Å². The van der Waals surface area contributed by atoms with E-state index in [1.54, 1.807) is 5.32 Å². The number of halogens is 5. The second-order valence-electron chi connectivity index (χ2n) is 10.9. The Bertz CT molecular complexity index is 1060. The third-order valence-corrected chi connectivity index (χ3v) is 7.18. The monoisotopic (exact) mass is 552 g/mol. The van der Waals surface area contributed by atoms with Gasteiger partial charge in [0.05, 0.1) is 12.2 Å². The summed E-state index contributed by atoms with van der Waals surface area (Å²) in [6, 6.07) is -1.31. The maximum absolute atomic E-state index is 13.7. The molecule has 0 aromatic carbocycles. The number of likely N-dealkylation sites (tertiary alicyclic amines) is 1. The lowest BCUT2D eigenvalue weighted by atomic mass is 9.85. The Morgan fingerprint density at radius 1 is 1.27 bits per heavy atom. The molecule has 37 heavy (non-hydrogen) atoms. The van der Waals surface area contributed by atoms with E-state index in [1.165, 1.54) is 33.0 Å². The van der Waals surface area contributed by atoms with Crippen LogP contribution in [0.25, 0.3) is 0 Å². The van der Waals surface area contributed by atoms with Crippen molar-refractivity contribution in [1.82, 2.24) is 30.8 Å². The number of H-pyrrole nitrogens is 1. The fraction of sp³-hybridized carbons (Fsp3) is 0.682. The maximum Gasteiger partial charge on any atom is 0.471 e. The summed E-state index contributed by atoms with van der Waals surface area (Å²) in [7, 11) is 0. The molecule has 1 aliphatic heterocycles. The summed E-state index contributed by atoms with van der Waals surface area (Å²) >= 11 is 5.31. The number of aromatic amines is 1. The van der Waals surface area contributed by atoms with Crippen LogP contribution in [0.3, 0.4) is 0 Å². The first-order valence-electron chi connectivity index (χ1n) is 11.4. The Labute approximate surface area is 215 Å². The average molecular weight is 553 g/mol. The number of nitrogens with one attached hydrogen (secondary N) is 3. The molecule has 2 heterocycles. The molecule has 10 nitrogen and oxygen atoms in total. The Morgan fingerprint density at radius 3 is 2.38 bits per heavy atom. The van der Waals surface area contributed by atoms with E-state index in [2.05, 4.69) is 15.6 Å². The highest BCUT2D eigenvalue weighted by atomic mass is 35.5. The predicted molar refractivity (Wildman–Crippen MR) is 122 cm³/mol. The zero-order valence-electron chi connectivity index (χ0n) is 20.8. The van der Waals surface area contributed by atoms with Gasteiger partial charge in [-0.3, -0.25) is 29.7 Å². The molecular weight excluding hydrogens is 524 g/mol. The van der Waals surface area contributed by atoms with E-state index < -0.39 is 52.9 Å². The number of aromatic nitrogens is 2. The Balaban J connectivity index is 1.88. The minimum absolute atomic E-state index is 0.0544. The zero-order valence-corrected chi connectivity index (χ0v) is 21.6. The van der Waals surface area contributed by atoms with Crippen LogP contribution in [0.2, 0.25) is 0 Å². The summed E-state index contributed by atoms with van der Waals surface area (Å²) in [5.41, 5.74) is -1.33. The van der Waals surface area contributed by atoms with Gasteiger partial charge in [0.2, 0.25) is 5.91 Å². The van der Waals surface area contributed by atoms with Crippen molar-refractivity contribution in [3.8, 4) is 0 Å². The SMILES string of the molecule is CC(C)(C)[C@H](NC(=O)C(F)(F)F)C(=O)N1C[C@H]2[C@@H]([C@H]1C(=O)NN(Cc1ccn[nH]1)C(=O)[C@H](F)Cl)C2(C)C. The third-order valence-electron chi connectivity index (χ3n) is 6.99. The standard InChI is InChI=1S/C22H29ClF4N6O4/c1-20(2,3)14(29-19(37)22(25,26)27)17(35)32-9-11-12(21(11,4)5)13(32)16(34)31-33(18(36)15(23)24)8-10-6-7-28-30-10/h6-7,11-15H,8-9H2,1-5H3,(H,28,30)(H,29,37)(H,31,34)/t11-,12-,13-,14+,15-/m0/s1. The first-order valence-corrected chi connectivity index (χ1v) is 11.9. The number of hydrogen-bond donors (Lipinski definition) is 3. The smallest absolute Gasteiger partial charge is 0.336 e. The van der Waals surface area contributed by atoms with Gasteiger partial charge in [-0.05, 0) is 28.7 Å². The number of hydrogen-bond acceptors (Lipinski definition) is 5. The summed E-state index contributed by atoms with van der Waals surface area (Å²) in [5.74, 6) is -5.79. The number of rotatable bonds is 6. The molecule has 4 amide bonds. The van der Waals surface area contributed by atoms with Gasteiger partial charge >= 0.3 is 12.1 Å². The van der Waals surface area contributed by atoms with Gasteiger partial charge in [0.15, 0.2) is 0 Å². The van der Waals surface area contributed by atoms with Crippen LogP contribution in [0.15, 0.2) is 12.3 Å². The van der Waals surface area contributed by atoms with Crippen LogP contribution in [0.5, 0.6) is 0 Å². The fourth-order valence-corrected chi connectivity index (χ4v) is 4.99. The Morgan fingerprint density at radius 2 is 1.89 bits per heavy atom. The molecule has 0 bridgehead atoms. The van der Waals surface area contributed by atoms with Crippen molar-refractivity contribution in [2.45, 2.75) is 65.1 Å². The van der Waals surface area contributed by atoms with Crippen LogP contribution < -0.4 is 10.7 Å². The van der Waals surface area contributed by atoms with E-state index in [1.807, 2.05) is 13.8 Å². The molecule has 3 N–H and O–H groups in total. The van der Waals surface area contributed by atoms with Crippen molar-refractivity contribution in [1.29, 1.82) is 0 Å². The molecule has 15 heteroatoms. The van der Waals surface area contributed by atoms with E-state index in [9.17, 15) is 36.7 Å². The first kappa shape index (κ1) is 28.7. The van der Waals surface area contributed by atoms with Gasteiger partial charge in [0.25, 0.3) is 17.4 Å². The van der Waals surface area contributed by atoms with Crippen LogP contribution in [0.4, 0.5) is 17.6 Å². The molecule has 1 aromatic rings. The second kappa shape index (κ2) is 9.76. The molecule has 0 spiro atoms. The number of carbonyl (C=O) groups is 4. The van der Waals surface area contributed by atoms with Crippen LogP contribution in [-0.2, 0) is 25.7 Å². The van der Waals surface area contributed by atoms with Gasteiger partial charge in [-0.1, -0.05) is 46.2 Å². The van der Waals surface area contributed by atoms with Crippen LogP contribution in [0, 0.1) is 22.7 Å². The number of fused-ring (bicyclic) bond motifs is 1. The Hall–Kier alpha value is -2.90. The molecule has 3 rings (SSSR count). The maximum atomic E-state index is 13.7. The first-order chi connectivity index (χ1) is 16.9. The molecule has 1 aliphatic carbocycles. The van der Waals surface area contributed by atoms with Gasteiger partial charge in [0.1, 0.15) is 12.1 Å². The number of amides is 4. The topological polar surface area (TPSA) is 128 Å². The highest BCUT2D eigenvalue weighted by Gasteiger charge is 2.70. The quantitative estimate of drug-likeness (QED) is 0.282. The van der Waals surface area contributed by atoms with E-state index in [4.69, 9.17) is 11.6 Å². The zero-order chi connectivity index (χ0) is 28.1. The van der Waals surface area contributed by atoms with Crippen molar-refractivity contribution in [3.05, 3.63) is 18.0 Å². The van der Waals surface area contributed by atoms with Gasteiger partial charge in [-0.15, -0.1) is 0 Å². The van der Waals surface area contributed by atoms with E-state index >= 15 is 0 Å². The van der Waals surface area contributed by atoms with Crippen molar-refractivity contribution in [2.75, 3.05) is 6.54 Å². The number of piperidine rings is 1. The highest BCUT2D eigenvalue weighted by molar-refractivity contribution is 6.29. The van der Waals surface area contributed by atoms with Crippen molar-refractivity contribution in [2.24, 2.45) is 22.7 Å². The van der Waals surface area contributed by atoms with Gasteiger partial charge < -0.3 is 10.2 Å². The van der Waals surface area contributed by atoms with Gasteiger partial charge in [-0.2, -0.15) is 18.3 Å². The Kier molecular flexibility index (Phi) is 7.57. The third kappa shape index (κ3) is 5.83. The largest absolute Gasteiger partial charge is 0.471 e. The molecular formula is C22H29ClF4N6O4. The minimum Gasteiger partial charge on any atom is -0.336 e. The van der Waals surface area contributed by atoms with E-state index in [0.29, 0.717) is 10.7 Å². The normalized spacial score (nSPS) is 24.1. The van der Waals surface area contributed by atoms with Crippen LogP contribution in [0.1, 0.15) is 40.3 Å². The summed E-state index contributed by atoms with van der Waals surface area (Å²) < 4.78 is 52.6. The lowest BCUT2D eigenvalue weighted by Gasteiger charge is -2.38.